The number of sulfonamides is 1. The molecule has 2 aromatic rings. The Morgan fingerprint density at radius 1 is 1.06 bits per heavy atom. The molecule has 9 nitrogen and oxygen atoms in total. The van der Waals surface area contributed by atoms with Crippen molar-refractivity contribution < 1.29 is 31.9 Å². The number of benzene rings is 2. The summed E-state index contributed by atoms with van der Waals surface area (Å²) in [5.74, 6) is -3.11. The number of hydrogen-bond acceptors (Lipinski definition) is 6. The van der Waals surface area contributed by atoms with E-state index in [0.717, 1.165) is 12.1 Å². The van der Waals surface area contributed by atoms with Gasteiger partial charge in [-0.05, 0) is 37.0 Å². The number of esters is 1. The van der Waals surface area contributed by atoms with E-state index < -0.39 is 51.2 Å². The Morgan fingerprint density at radius 3 is 2.29 bits per heavy atom. The molecule has 1 atom stereocenters. The van der Waals surface area contributed by atoms with Crippen LogP contribution in [0.15, 0.2) is 59.5 Å². The Bertz CT molecular complexity index is 1130. The molecule has 0 aliphatic carbocycles. The molecule has 0 bridgehead atoms. The van der Waals surface area contributed by atoms with Crippen molar-refractivity contribution >= 4 is 27.8 Å². The van der Waals surface area contributed by atoms with Gasteiger partial charge in [-0.3, -0.25) is 14.4 Å². The molecule has 182 valence electrons. The first-order valence-corrected chi connectivity index (χ1v) is 12.2. The Hall–Kier alpha value is -3.31. The van der Waals surface area contributed by atoms with Gasteiger partial charge in [0.15, 0.2) is 6.61 Å². The minimum atomic E-state index is -4.39. The van der Waals surface area contributed by atoms with E-state index >= 15 is 0 Å². The molecule has 0 spiro atoms. The summed E-state index contributed by atoms with van der Waals surface area (Å²) in [7, 11) is -4.39. The third-order valence-corrected chi connectivity index (χ3v) is 7.08. The first kappa shape index (κ1) is 25.3. The summed E-state index contributed by atoms with van der Waals surface area (Å²) in [6.45, 7) is 0.0154. The first-order valence-electron chi connectivity index (χ1n) is 10.7. The maximum Gasteiger partial charge on any atom is 0.325 e. The highest BCUT2D eigenvalue weighted by Gasteiger charge is 2.31. The van der Waals surface area contributed by atoms with E-state index in [1.54, 1.807) is 30.3 Å². The highest BCUT2D eigenvalue weighted by atomic mass is 32.2. The number of likely N-dealkylation sites (tertiary alicyclic amines) is 1. The number of ether oxygens (including phenoxy) is 1. The zero-order valence-electron chi connectivity index (χ0n) is 18.4. The molecule has 1 aliphatic rings. The van der Waals surface area contributed by atoms with Gasteiger partial charge in [0.2, 0.25) is 15.9 Å². The van der Waals surface area contributed by atoms with E-state index in [2.05, 4.69) is 4.72 Å². The van der Waals surface area contributed by atoms with E-state index in [-0.39, 0.29) is 12.3 Å². The molecule has 1 saturated heterocycles. The maximum atomic E-state index is 14.1. The molecule has 1 fully saturated rings. The van der Waals surface area contributed by atoms with E-state index in [0.29, 0.717) is 31.5 Å². The predicted molar refractivity (Wildman–Crippen MR) is 120 cm³/mol. The van der Waals surface area contributed by atoms with E-state index in [1.807, 2.05) is 0 Å². The van der Waals surface area contributed by atoms with Crippen LogP contribution in [0.25, 0.3) is 0 Å². The van der Waals surface area contributed by atoms with Crippen LogP contribution >= 0.6 is 0 Å². The lowest BCUT2D eigenvalue weighted by Gasteiger charge is -2.30. The summed E-state index contributed by atoms with van der Waals surface area (Å²) in [5.41, 5.74) is 5.93. The van der Waals surface area contributed by atoms with Crippen LogP contribution in [-0.4, -0.2) is 56.8 Å². The lowest BCUT2D eigenvalue weighted by molar-refractivity contribution is -0.154. The van der Waals surface area contributed by atoms with Gasteiger partial charge < -0.3 is 15.4 Å². The van der Waals surface area contributed by atoms with Gasteiger partial charge in [0.05, 0.1) is 0 Å². The molecule has 0 radical (unpaired) electrons. The number of amides is 2. The molecule has 1 aliphatic heterocycles. The summed E-state index contributed by atoms with van der Waals surface area (Å²) in [6, 6.07) is 12.0. The Kier molecular flexibility index (Phi) is 8.35. The van der Waals surface area contributed by atoms with Gasteiger partial charge in [-0.1, -0.05) is 42.5 Å². The van der Waals surface area contributed by atoms with Crippen LogP contribution in [0.2, 0.25) is 0 Å². The van der Waals surface area contributed by atoms with Crippen LogP contribution in [0.5, 0.6) is 0 Å². The molecule has 1 heterocycles. The number of carbonyl (C=O) groups excluding carboxylic acids is 3. The van der Waals surface area contributed by atoms with E-state index in [4.69, 9.17) is 10.5 Å². The van der Waals surface area contributed by atoms with Crippen molar-refractivity contribution in [3.8, 4) is 0 Å². The standard InChI is InChI=1S/C23H26FN3O6S/c24-18-8-4-5-9-20(18)34(31,32)26-19(14-16-6-2-1-3-7-16)23(30)33-15-21(28)27-12-10-17(11-13-27)22(25)29/h1-9,17,19,26H,10-15H2,(H2,25,29). The number of halogens is 1. The van der Waals surface area contributed by atoms with Crippen LogP contribution in [-0.2, 0) is 35.6 Å². The zero-order valence-corrected chi connectivity index (χ0v) is 19.2. The minimum absolute atomic E-state index is 0.0639. The molecular weight excluding hydrogens is 465 g/mol. The fourth-order valence-corrected chi connectivity index (χ4v) is 4.94. The molecule has 3 N–H and O–H groups in total. The van der Waals surface area contributed by atoms with Crippen molar-refractivity contribution in [2.75, 3.05) is 19.7 Å². The van der Waals surface area contributed by atoms with Gasteiger partial charge in [0.1, 0.15) is 16.8 Å². The van der Waals surface area contributed by atoms with Gasteiger partial charge in [0, 0.05) is 19.0 Å². The number of piperidine rings is 1. The van der Waals surface area contributed by atoms with Gasteiger partial charge in [0.25, 0.3) is 5.91 Å². The second kappa shape index (κ2) is 11.2. The average molecular weight is 492 g/mol. The lowest BCUT2D eigenvalue weighted by atomic mass is 9.96. The van der Waals surface area contributed by atoms with Crippen molar-refractivity contribution in [3.63, 3.8) is 0 Å². The minimum Gasteiger partial charge on any atom is -0.454 e. The summed E-state index contributed by atoms with van der Waals surface area (Å²) >= 11 is 0. The lowest BCUT2D eigenvalue weighted by Crippen LogP contribution is -2.46. The summed E-state index contributed by atoms with van der Waals surface area (Å²) in [4.78, 5) is 37.4. The van der Waals surface area contributed by atoms with Crippen molar-refractivity contribution in [2.45, 2.75) is 30.2 Å². The molecule has 3 rings (SSSR count). The number of nitrogens with zero attached hydrogens (tertiary/aromatic N) is 1. The van der Waals surface area contributed by atoms with Crippen LogP contribution in [0.3, 0.4) is 0 Å². The quantitative estimate of drug-likeness (QED) is 0.502. The van der Waals surface area contributed by atoms with E-state index in [1.165, 1.54) is 17.0 Å². The SMILES string of the molecule is NC(=O)C1CCN(C(=O)COC(=O)C(Cc2ccccc2)NS(=O)(=O)c2ccccc2F)CC1. The summed E-state index contributed by atoms with van der Waals surface area (Å²) in [6.07, 6.45) is 0.785. The topological polar surface area (TPSA) is 136 Å². The number of nitrogens with one attached hydrogen (secondary N) is 1. The molecule has 2 amide bonds. The van der Waals surface area contributed by atoms with Crippen molar-refractivity contribution in [3.05, 3.63) is 66.0 Å². The van der Waals surface area contributed by atoms with Gasteiger partial charge in [-0.2, -0.15) is 4.72 Å². The average Bonchev–Trinajstić information content (AvgIpc) is 2.82. The molecule has 0 aromatic heterocycles. The molecule has 0 saturated carbocycles. The Morgan fingerprint density at radius 2 is 1.68 bits per heavy atom. The highest BCUT2D eigenvalue weighted by molar-refractivity contribution is 7.89. The third-order valence-electron chi connectivity index (χ3n) is 5.58. The monoisotopic (exact) mass is 491 g/mol. The second-order valence-electron chi connectivity index (χ2n) is 7.96. The smallest absolute Gasteiger partial charge is 0.325 e. The molecule has 11 heteroatoms. The molecular formula is C23H26FN3O6S. The normalized spacial score (nSPS) is 15.5. The highest BCUT2D eigenvalue weighted by Crippen LogP contribution is 2.18. The Balaban J connectivity index is 1.68. The molecule has 34 heavy (non-hydrogen) atoms. The number of primary amides is 1. The van der Waals surface area contributed by atoms with Gasteiger partial charge in [-0.25, -0.2) is 12.8 Å². The number of carbonyl (C=O) groups is 3. The zero-order chi connectivity index (χ0) is 24.7. The first-order chi connectivity index (χ1) is 16.2. The van der Waals surface area contributed by atoms with Gasteiger partial charge >= 0.3 is 5.97 Å². The third kappa shape index (κ3) is 6.61. The van der Waals surface area contributed by atoms with E-state index in [9.17, 15) is 27.2 Å². The van der Waals surface area contributed by atoms with Crippen LogP contribution in [0.1, 0.15) is 18.4 Å². The largest absolute Gasteiger partial charge is 0.454 e. The van der Waals surface area contributed by atoms with Crippen molar-refractivity contribution in [1.82, 2.24) is 9.62 Å². The van der Waals surface area contributed by atoms with Crippen molar-refractivity contribution in [2.24, 2.45) is 11.7 Å². The summed E-state index contributed by atoms with van der Waals surface area (Å²) < 4.78 is 46.9. The maximum absolute atomic E-state index is 14.1. The number of nitrogens with two attached hydrogens (primary N) is 1. The van der Waals surface area contributed by atoms with Crippen LogP contribution in [0.4, 0.5) is 4.39 Å². The van der Waals surface area contributed by atoms with Crippen LogP contribution in [0, 0.1) is 11.7 Å². The number of rotatable bonds is 9. The fourth-order valence-electron chi connectivity index (χ4n) is 3.67. The molecule has 2 aromatic carbocycles. The number of hydrogen-bond donors (Lipinski definition) is 2. The van der Waals surface area contributed by atoms with Crippen molar-refractivity contribution in [1.29, 1.82) is 0 Å². The predicted octanol–water partition coefficient (Wildman–Crippen LogP) is 0.982. The molecule has 1 unspecified atom stereocenters. The second-order valence-corrected chi connectivity index (χ2v) is 9.64. The summed E-state index contributed by atoms with van der Waals surface area (Å²) in [5, 5.41) is 0. The van der Waals surface area contributed by atoms with Gasteiger partial charge in [-0.15, -0.1) is 0 Å². The fraction of sp³-hybridized carbons (Fsp3) is 0.348. The Labute approximate surface area is 197 Å². The van der Waals surface area contributed by atoms with Crippen LogP contribution < -0.4 is 10.5 Å².